The lowest BCUT2D eigenvalue weighted by atomic mass is 9.93. The van der Waals surface area contributed by atoms with Gasteiger partial charge in [0.1, 0.15) is 5.39 Å². The van der Waals surface area contributed by atoms with Crippen LogP contribution in [0.25, 0.3) is 11.0 Å². The van der Waals surface area contributed by atoms with Gasteiger partial charge in [-0.25, -0.2) is 4.98 Å². The normalized spacial score (nSPS) is 12.2. The fraction of sp³-hybridized carbons (Fsp3) is 0.444. The fourth-order valence-corrected chi connectivity index (χ4v) is 2.18. The second kappa shape index (κ2) is 2.88. The molecule has 2 rings (SSSR count). The van der Waals surface area contributed by atoms with Gasteiger partial charge < -0.3 is 4.98 Å². The molecule has 0 amide bonds. The van der Waals surface area contributed by atoms with Gasteiger partial charge in [0.05, 0.1) is 6.33 Å². The van der Waals surface area contributed by atoms with Gasteiger partial charge >= 0.3 is 0 Å². The summed E-state index contributed by atoms with van der Waals surface area (Å²) in [6.45, 7) is 6.19. The average Bonchev–Trinajstić information content (AvgIpc) is 2.47. The lowest BCUT2D eigenvalue weighted by molar-refractivity contribution is 0.608. The van der Waals surface area contributed by atoms with Crippen LogP contribution >= 0.6 is 11.5 Å². The molecule has 0 fully saturated rings. The number of H-pyrrole nitrogens is 1. The van der Waals surface area contributed by atoms with E-state index in [0.717, 1.165) is 4.88 Å². The number of nitrogens with one attached hydrogen (secondary N) is 1. The zero-order valence-electron chi connectivity index (χ0n) is 8.29. The van der Waals surface area contributed by atoms with Crippen molar-refractivity contribution >= 4 is 22.6 Å². The predicted octanol–water partition coefficient (Wildman–Crippen LogP) is 1.68. The first kappa shape index (κ1) is 9.33. The van der Waals surface area contributed by atoms with E-state index in [0.29, 0.717) is 11.0 Å². The molecule has 14 heavy (non-hydrogen) atoms. The monoisotopic (exact) mass is 209 g/mol. The Morgan fingerprint density at radius 3 is 2.79 bits per heavy atom. The van der Waals surface area contributed by atoms with Gasteiger partial charge in [0.2, 0.25) is 0 Å². The predicted molar refractivity (Wildman–Crippen MR) is 56.7 cm³/mol. The summed E-state index contributed by atoms with van der Waals surface area (Å²) in [5.74, 6) is 0. The molecule has 0 aliphatic rings. The molecule has 0 aromatic carbocycles. The first-order valence-electron chi connectivity index (χ1n) is 4.33. The molecular weight excluding hydrogens is 198 g/mol. The third-order valence-electron chi connectivity index (χ3n) is 1.96. The Kier molecular flexibility index (Phi) is 1.92. The molecule has 2 aromatic rings. The molecule has 0 bridgehead atoms. The number of hydrogen-bond donors (Lipinski definition) is 1. The van der Waals surface area contributed by atoms with Crippen LogP contribution in [-0.2, 0) is 5.41 Å². The molecule has 0 unspecified atom stereocenters. The molecule has 0 saturated heterocycles. The second-order valence-corrected chi connectivity index (χ2v) is 4.97. The molecule has 74 valence electrons. The van der Waals surface area contributed by atoms with Crippen LogP contribution in [0, 0.1) is 0 Å². The van der Waals surface area contributed by atoms with Gasteiger partial charge in [-0.1, -0.05) is 20.8 Å². The van der Waals surface area contributed by atoms with Crippen molar-refractivity contribution in [1.29, 1.82) is 0 Å². The third-order valence-corrected chi connectivity index (χ3v) is 3.23. The van der Waals surface area contributed by atoms with Gasteiger partial charge in [-0.15, -0.1) is 0 Å². The minimum atomic E-state index is -0.103. The van der Waals surface area contributed by atoms with Crippen LogP contribution in [0.2, 0.25) is 0 Å². The lowest BCUT2D eigenvalue weighted by Crippen LogP contribution is -2.14. The van der Waals surface area contributed by atoms with Crippen LogP contribution in [0.5, 0.6) is 0 Å². The van der Waals surface area contributed by atoms with Crippen LogP contribution in [0.15, 0.2) is 11.1 Å². The number of hydrogen-bond acceptors (Lipinski definition) is 4. The maximum atomic E-state index is 11.6. The van der Waals surface area contributed by atoms with Crippen molar-refractivity contribution in [3.05, 3.63) is 21.6 Å². The fourth-order valence-electron chi connectivity index (χ4n) is 1.31. The average molecular weight is 209 g/mol. The maximum Gasteiger partial charge on any atom is 0.261 e. The minimum Gasteiger partial charge on any atom is -0.312 e. The van der Waals surface area contributed by atoms with Crippen molar-refractivity contribution in [2.45, 2.75) is 26.2 Å². The topological polar surface area (TPSA) is 58.6 Å². The van der Waals surface area contributed by atoms with Crippen LogP contribution in [0.1, 0.15) is 25.6 Å². The van der Waals surface area contributed by atoms with E-state index < -0.39 is 0 Å². The Morgan fingerprint density at radius 1 is 1.43 bits per heavy atom. The van der Waals surface area contributed by atoms with Crippen LogP contribution < -0.4 is 5.56 Å². The number of nitrogens with zero attached hydrogens (tertiary/aromatic N) is 2. The maximum absolute atomic E-state index is 11.6. The molecule has 0 aliphatic carbocycles. The highest BCUT2D eigenvalue weighted by molar-refractivity contribution is 7.07. The Morgan fingerprint density at radius 2 is 2.14 bits per heavy atom. The van der Waals surface area contributed by atoms with Crippen molar-refractivity contribution in [3.8, 4) is 0 Å². The van der Waals surface area contributed by atoms with Crippen LogP contribution in [0.4, 0.5) is 0 Å². The van der Waals surface area contributed by atoms with E-state index in [1.807, 2.05) is 0 Å². The van der Waals surface area contributed by atoms with Crippen molar-refractivity contribution in [1.82, 2.24) is 14.3 Å². The molecular formula is C9H11N3OS. The largest absolute Gasteiger partial charge is 0.312 e. The summed E-state index contributed by atoms with van der Waals surface area (Å²) < 4.78 is 4.16. The van der Waals surface area contributed by atoms with Crippen molar-refractivity contribution in [2.24, 2.45) is 0 Å². The van der Waals surface area contributed by atoms with Gasteiger partial charge in [-0.3, -0.25) is 4.79 Å². The molecule has 0 saturated carbocycles. The molecule has 4 nitrogen and oxygen atoms in total. The first-order valence-corrected chi connectivity index (χ1v) is 5.11. The number of fused-ring (bicyclic) bond motifs is 1. The van der Waals surface area contributed by atoms with E-state index in [1.165, 1.54) is 17.9 Å². The van der Waals surface area contributed by atoms with Crippen molar-refractivity contribution in [2.75, 3.05) is 0 Å². The third kappa shape index (κ3) is 1.33. The van der Waals surface area contributed by atoms with Gasteiger partial charge in [-0.05, 0) is 16.9 Å². The van der Waals surface area contributed by atoms with Crippen molar-refractivity contribution < 1.29 is 0 Å². The molecule has 0 atom stereocenters. The minimum absolute atomic E-state index is 0.0601. The van der Waals surface area contributed by atoms with E-state index in [9.17, 15) is 4.79 Å². The Hall–Kier alpha value is -1.23. The van der Waals surface area contributed by atoms with E-state index in [2.05, 4.69) is 35.1 Å². The van der Waals surface area contributed by atoms with E-state index in [1.54, 1.807) is 0 Å². The summed E-state index contributed by atoms with van der Waals surface area (Å²) in [5, 5.41) is 0.630. The number of aromatic amines is 1. The smallest absolute Gasteiger partial charge is 0.261 e. The van der Waals surface area contributed by atoms with Gasteiger partial charge in [0, 0.05) is 4.88 Å². The SMILES string of the molecule is CC(C)(C)c1snc2nc[nH]c(=O)c12. The summed E-state index contributed by atoms with van der Waals surface area (Å²) in [7, 11) is 0. The van der Waals surface area contributed by atoms with Crippen LogP contribution in [-0.4, -0.2) is 14.3 Å². The van der Waals surface area contributed by atoms with E-state index in [4.69, 9.17) is 0 Å². The summed E-state index contributed by atoms with van der Waals surface area (Å²) >= 11 is 1.35. The molecule has 0 radical (unpaired) electrons. The molecule has 0 aliphatic heterocycles. The van der Waals surface area contributed by atoms with Crippen LogP contribution in [0.3, 0.4) is 0 Å². The highest BCUT2D eigenvalue weighted by Crippen LogP contribution is 2.30. The van der Waals surface area contributed by atoms with Gasteiger partial charge in [0.25, 0.3) is 5.56 Å². The molecule has 1 N–H and O–H groups in total. The zero-order valence-corrected chi connectivity index (χ0v) is 9.10. The Labute approximate surface area is 85.2 Å². The number of rotatable bonds is 0. The Balaban J connectivity index is 2.87. The molecule has 2 aromatic heterocycles. The highest BCUT2D eigenvalue weighted by Gasteiger charge is 2.22. The highest BCUT2D eigenvalue weighted by atomic mass is 32.1. The standard InChI is InChI=1S/C9H11N3OS/c1-9(2,3)6-5-7(12-14-6)10-4-11-8(5)13/h4H,1-3H3,(H,10,11,12,13). The van der Waals surface area contributed by atoms with Gasteiger partial charge in [0.15, 0.2) is 5.65 Å². The molecule has 5 heteroatoms. The van der Waals surface area contributed by atoms with E-state index in [-0.39, 0.29) is 11.0 Å². The Bertz CT molecular complexity index is 521. The summed E-state index contributed by atoms with van der Waals surface area (Å²) in [5.41, 5.74) is 0.382. The second-order valence-electron chi connectivity index (χ2n) is 4.19. The summed E-state index contributed by atoms with van der Waals surface area (Å²) in [6, 6.07) is 0. The van der Waals surface area contributed by atoms with Crippen molar-refractivity contribution in [3.63, 3.8) is 0 Å². The lowest BCUT2D eigenvalue weighted by Gasteiger charge is -2.14. The zero-order chi connectivity index (χ0) is 10.3. The molecule has 0 spiro atoms. The molecule has 2 heterocycles. The summed E-state index contributed by atoms with van der Waals surface area (Å²) in [6.07, 6.45) is 1.39. The quantitative estimate of drug-likeness (QED) is 0.718. The summed E-state index contributed by atoms with van der Waals surface area (Å²) in [4.78, 5) is 19.2. The van der Waals surface area contributed by atoms with Gasteiger partial charge in [-0.2, -0.15) is 4.37 Å². The number of aromatic nitrogens is 3. The first-order chi connectivity index (χ1) is 6.50. The van der Waals surface area contributed by atoms with E-state index >= 15 is 0 Å².